The number of nitrogens with two attached hydrogens (primary N) is 1. The van der Waals surface area contributed by atoms with Crippen LogP contribution < -0.4 is 10.6 Å². The van der Waals surface area contributed by atoms with Gasteiger partial charge in [-0.3, -0.25) is 0 Å². The fourth-order valence-electron chi connectivity index (χ4n) is 1.32. The lowest BCUT2D eigenvalue weighted by Gasteiger charge is -2.26. The lowest BCUT2D eigenvalue weighted by Crippen LogP contribution is -2.37. The first-order chi connectivity index (χ1) is 7.05. The molecule has 84 valence electrons. The molecule has 0 heterocycles. The summed E-state index contributed by atoms with van der Waals surface area (Å²) in [6.45, 7) is 2.87. The van der Waals surface area contributed by atoms with Gasteiger partial charge in [-0.25, -0.2) is 0 Å². The molecular weight excluding hydrogens is 188 g/mol. The van der Waals surface area contributed by atoms with Crippen LogP contribution in [0.3, 0.4) is 0 Å². The van der Waals surface area contributed by atoms with E-state index in [4.69, 9.17) is 5.73 Å². The highest BCUT2D eigenvalue weighted by molar-refractivity contribution is 5.44. The Hall–Kier alpha value is -1.06. The second-order valence-electron chi connectivity index (χ2n) is 4.21. The third-order valence-corrected chi connectivity index (χ3v) is 2.62. The lowest BCUT2D eigenvalue weighted by atomic mass is 10.0. The van der Waals surface area contributed by atoms with Crippen molar-refractivity contribution < 1.29 is 5.11 Å². The van der Waals surface area contributed by atoms with E-state index in [2.05, 4.69) is 17.0 Å². The van der Waals surface area contributed by atoms with Crippen molar-refractivity contribution in [3.8, 4) is 0 Å². The monoisotopic (exact) mass is 208 g/mol. The number of para-hydroxylation sites is 1. The van der Waals surface area contributed by atoms with Crippen LogP contribution in [0.15, 0.2) is 30.3 Å². The smallest absolute Gasteiger partial charge is 0.0758 e. The van der Waals surface area contributed by atoms with Gasteiger partial charge in [-0.2, -0.15) is 0 Å². The van der Waals surface area contributed by atoms with E-state index in [1.54, 1.807) is 6.92 Å². The first kappa shape index (κ1) is 12.0. The SMILES string of the molecule is CN(CCC(C)(O)CN)c1ccccc1. The van der Waals surface area contributed by atoms with E-state index in [1.165, 1.54) is 0 Å². The molecule has 0 aliphatic heterocycles. The maximum absolute atomic E-state index is 9.77. The van der Waals surface area contributed by atoms with E-state index in [9.17, 15) is 5.11 Å². The molecule has 1 aromatic carbocycles. The maximum Gasteiger partial charge on any atom is 0.0758 e. The van der Waals surface area contributed by atoms with Gasteiger partial charge >= 0.3 is 0 Å². The van der Waals surface area contributed by atoms with E-state index in [1.807, 2.05) is 25.2 Å². The van der Waals surface area contributed by atoms with Crippen LogP contribution in [0.1, 0.15) is 13.3 Å². The molecule has 1 atom stereocenters. The van der Waals surface area contributed by atoms with Crippen molar-refractivity contribution in [1.29, 1.82) is 0 Å². The third-order valence-electron chi connectivity index (χ3n) is 2.62. The summed E-state index contributed by atoms with van der Waals surface area (Å²) in [7, 11) is 2.02. The largest absolute Gasteiger partial charge is 0.389 e. The van der Waals surface area contributed by atoms with Crippen LogP contribution in [0.5, 0.6) is 0 Å². The first-order valence-corrected chi connectivity index (χ1v) is 5.24. The molecule has 0 bridgehead atoms. The first-order valence-electron chi connectivity index (χ1n) is 5.24. The van der Waals surface area contributed by atoms with Crippen LogP contribution in [-0.2, 0) is 0 Å². The predicted octanol–water partition coefficient (Wildman–Crippen LogP) is 1.22. The Morgan fingerprint density at radius 2 is 1.93 bits per heavy atom. The van der Waals surface area contributed by atoms with E-state index in [-0.39, 0.29) is 0 Å². The average molecular weight is 208 g/mol. The van der Waals surface area contributed by atoms with E-state index in [0.29, 0.717) is 13.0 Å². The van der Waals surface area contributed by atoms with Gasteiger partial charge < -0.3 is 15.7 Å². The minimum absolute atomic E-state index is 0.301. The van der Waals surface area contributed by atoms with Gasteiger partial charge in [-0.15, -0.1) is 0 Å². The zero-order chi connectivity index (χ0) is 11.3. The fraction of sp³-hybridized carbons (Fsp3) is 0.500. The number of rotatable bonds is 5. The number of aliphatic hydroxyl groups is 1. The second kappa shape index (κ2) is 5.14. The summed E-state index contributed by atoms with van der Waals surface area (Å²) in [4.78, 5) is 2.12. The van der Waals surface area contributed by atoms with Crippen LogP contribution >= 0.6 is 0 Å². The van der Waals surface area contributed by atoms with Gasteiger partial charge in [0.15, 0.2) is 0 Å². The maximum atomic E-state index is 9.77. The van der Waals surface area contributed by atoms with Gasteiger partial charge in [0.2, 0.25) is 0 Å². The van der Waals surface area contributed by atoms with Crippen molar-refractivity contribution in [3.63, 3.8) is 0 Å². The summed E-state index contributed by atoms with van der Waals surface area (Å²) in [6, 6.07) is 10.1. The zero-order valence-corrected chi connectivity index (χ0v) is 9.48. The molecular formula is C12H20N2O. The molecule has 0 amide bonds. The zero-order valence-electron chi connectivity index (χ0n) is 9.48. The highest BCUT2D eigenvalue weighted by atomic mass is 16.3. The van der Waals surface area contributed by atoms with Gasteiger partial charge in [0, 0.05) is 25.8 Å². The molecule has 3 nitrogen and oxygen atoms in total. The number of benzene rings is 1. The molecule has 1 rings (SSSR count). The van der Waals surface area contributed by atoms with Gasteiger partial charge in [0.1, 0.15) is 0 Å². The Morgan fingerprint density at radius 1 is 1.33 bits per heavy atom. The summed E-state index contributed by atoms with van der Waals surface area (Å²) in [5, 5.41) is 9.77. The number of nitrogens with zero attached hydrogens (tertiary/aromatic N) is 1. The summed E-state index contributed by atoms with van der Waals surface area (Å²) in [5.41, 5.74) is 5.86. The molecule has 0 saturated heterocycles. The van der Waals surface area contributed by atoms with Gasteiger partial charge in [-0.1, -0.05) is 18.2 Å². The van der Waals surface area contributed by atoms with Crippen LogP contribution in [0.25, 0.3) is 0 Å². The van der Waals surface area contributed by atoms with E-state index in [0.717, 1.165) is 12.2 Å². The highest BCUT2D eigenvalue weighted by Gasteiger charge is 2.18. The van der Waals surface area contributed by atoms with E-state index >= 15 is 0 Å². The molecule has 3 heteroatoms. The lowest BCUT2D eigenvalue weighted by molar-refractivity contribution is 0.0623. The summed E-state index contributed by atoms with van der Waals surface area (Å²) in [6.07, 6.45) is 0.675. The molecule has 1 unspecified atom stereocenters. The van der Waals surface area contributed by atoms with Crippen LogP contribution in [0.2, 0.25) is 0 Å². The summed E-state index contributed by atoms with van der Waals surface area (Å²) < 4.78 is 0. The van der Waals surface area contributed by atoms with Crippen molar-refractivity contribution in [1.82, 2.24) is 0 Å². The van der Waals surface area contributed by atoms with Gasteiger partial charge in [0.25, 0.3) is 0 Å². The van der Waals surface area contributed by atoms with Gasteiger partial charge in [-0.05, 0) is 25.5 Å². The van der Waals surface area contributed by atoms with Crippen molar-refractivity contribution in [2.24, 2.45) is 5.73 Å². The fourth-order valence-corrected chi connectivity index (χ4v) is 1.32. The Labute approximate surface area is 91.5 Å². The molecule has 0 saturated carbocycles. The molecule has 0 aliphatic rings. The summed E-state index contributed by atoms with van der Waals surface area (Å²) >= 11 is 0. The topological polar surface area (TPSA) is 49.5 Å². The molecule has 3 N–H and O–H groups in total. The van der Waals surface area contributed by atoms with Crippen LogP contribution in [0, 0.1) is 0 Å². The van der Waals surface area contributed by atoms with Gasteiger partial charge in [0.05, 0.1) is 5.60 Å². The van der Waals surface area contributed by atoms with E-state index < -0.39 is 5.60 Å². The van der Waals surface area contributed by atoms with Crippen molar-refractivity contribution >= 4 is 5.69 Å². The molecule has 0 aliphatic carbocycles. The second-order valence-corrected chi connectivity index (χ2v) is 4.21. The number of anilines is 1. The van der Waals surface area contributed by atoms with Crippen molar-refractivity contribution in [3.05, 3.63) is 30.3 Å². The highest BCUT2D eigenvalue weighted by Crippen LogP contribution is 2.14. The van der Waals surface area contributed by atoms with Crippen molar-refractivity contribution in [2.45, 2.75) is 18.9 Å². The Morgan fingerprint density at radius 3 is 2.47 bits per heavy atom. The average Bonchev–Trinajstić information content (AvgIpc) is 2.27. The Bertz CT molecular complexity index is 285. The third kappa shape index (κ3) is 3.90. The Balaban J connectivity index is 2.47. The number of hydrogen-bond donors (Lipinski definition) is 2. The molecule has 0 radical (unpaired) electrons. The molecule has 0 aromatic heterocycles. The Kier molecular flexibility index (Phi) is 4.12. The summed E-state index contributed by atoms with van der Waals surface area (Å²) in [5.74, 6) is 0. The minimum Gasteiger partial charge on any atom is -0.389 e. The quantitative estimate of drug-likeness (QED) is 0.765. The van der Waals surface area contributed by atoms with Crippen LogP contribution in [-0.4, -0.2) is 30.8 Å². The molecule has 0 spiro atoms. The number of hydrogen-bond acceptors (Lipinski definition) is 3. The minimum atomic E-state index is -0.761. The molecule has 15 heavy (non-hydrogen) atoms. The normalized spacial score (nSPS) is 14.7. The van der Waals surface area contributed by atoms with Crippen molar-refractivity contribution in [2.75, 3.05) is 25.0 Å². The predicted molar refractivity (Wildman–Crippen MR) is 64.0 cm³/mol. The molecule has 0 fully saturated rings. The molecule has 1 aromatic rings. The standard InChI is InChI=1S/C12H20N2O/c1-12(15,10-13)8-9-14(2)11-6-4-3-5-7-11/h3-7,15H,8-10,13H2,1-2H3. The van der Waals surface area contributed by atoms with Crippen LogP contribution in [0.4, 0.5) is 5.69 Å².